The number of sulfonamides is 1. The van der Waals surface area contributed by atoms with Crippen LogP contribution in [0.2, 0.25) is 0 Å². The van der Waals surface area contributed by atoms with Crippen LogP contribution in [-0.2, 0) is 29.5 Å². The minimum Gasteiger partial charge on any atom is -0.329 e. The molecule has 1 aromatic carbocycles. The first-order chi connectivity index (χ1) is 10.0. The quantitative estimate of drug-likeness (QED) is 0.794. The van der Waals surface area contributed by atoms with E-state index in [0.717, 1.165) is 12.0 Å². The number of hydrogen-bond donors (Lipinski definition) is 2. The van der Waals surface area contributed by atoms with Crippen LogP contribution >= 0.6 is 0 Å². The number of nitrogens with one attached hydrogen (secondary N) is 1. The van der Waals surface area contributed by atoms with E-state index in [-0.39, 0.29) is 11.4 Å². The van der Waals surface area contributed by atoms with Crippen LogP contribution in [0.3, 0.4) is 0 Å². The Balaban J connectivity index is 2.02. The molecular formula is C14H20N4O2S. The zero-order valence-corrected chi connectivity index (χ0v) is 12.8. The molecule has 0 saturated heterocycles. The van der Waals surface area contributed by atoms with Gasteiger partial charge in [0.25, 0.3) is 0 Å². The second-order valence-corrected chi connectivity index (χ2v) is 6.49. The van der Waals surface area contributed by atoms with E-state index in [1.165, 1.54) is 22.6 Å². The number of hydrogen-bond acceptors (Lipinski definition) is 4. The molecule has 114 valence electrons. The van der Waals surface area contributed by atoms with E-state index in [4.69, 9.17) is 5.73 Å². The number of aryl methyl sites for hydroxylation is 1. The molecule has 0 amide bonds. The third-order valence-electron chi connectivity index (χ3n) is 3.18. The lowest BCUT2D eigenvalue weighted by Crippen LogP contribution is -2.23. The summed E-state index contributed by atoms with van der Waals surface area (Å²) in [6.07, 6.45) is 3.78. The van der Waals surface area contributed by atoms with Gasteiger partial charge in [0.2, 0.25) is 10.0 Å². The molecule has 2 rings (SSSR count). The van der Waals surface area contributed by atoms with Crippen molar-refractivity contribution in [1.82, 2.24) is 14.5 Å². The summed E-state index contributed by atoms with van der Waals surface area (Å²) in [6.45, 7) is 3.25. The molecule has 1 aromatic heterocycles. The molecule has 7 heteroatoms. The van der Waals surface area contributed by atoms with Crippen molar-refractivity contribution < 1.29 is 8.42 Å². The van der Waals surface area contributed by atoms with Gasteiger partial charge in [-0.1, -0.05) is 31.2 Å². The highest BCUT2D eigenvalue weighted by molar-refractivity contribution is 7.89. The summed E-state index contributed by atoms with van der Waals surface area (Å²) in [5.41, 5.74) is 7.56. The van der Waals surface area contributed by atoms with Gasteiger partial charge in [-0.2, -0.15) is 5.10 Å². The number of nitrogens with two attached hydrogens (primary N) is 1. The van der Waals surface area contributed by atoms with Crippen LogP contribution in [0.25, 0.3) is 0 Å². The molecule has 0 atom stereocenters. The highest BCUT2D eigenvalue weighted by Crippen LogP contribution is 2.09. The van der Waals surface area contributed by atoms with Crippen molar-refractivity contribution in [3.05, 3.63) is 47.8 Å². The molecule has 0 aliphatic carbocycles. The maximum Gasteiger partial charge on any atom is 0.243 e. The van der Waals surface area contributed by atoms with Gasteiger partial charge in [-0.25, -0.2) is 13.1 Å². The summed E-state index contributed by atoms with van der Waals surface area (Å²) < 4.78 is 28.4. The van der Waals surface area contributed by atoms with Crippen molar-refractivity contribution in [2.24, 2.45) is 5.73 Å². The first kappa shape index (κ1) is 15.7. The highest BCUT2D eigenvalue weighted by atomic mass is 32.2. The second-order valence-electron chi connectivity index (χ2n) is 4.72. The zero-order chi connectivity index (χ0) is 15.3. The van der Waals surface area contributed by atoms with Crippen molar-refractivity contribution in [1.29, 1.82) is 0 Å². The van der Waals surface area contributed by atoms with Gasteiger partial charge in [0.15, 0.2) is 0 Å². The largest absolute Gasteiger partial charge is 0.329 e. The third kappa shape index (κ3) is 4.13. The highest BCUT2D eigenvalue weighted by Gasteiger charge is 2.15. The normalized spacial score (nSPS) is 11.7. The summed E-state index contributed by atoms with van der Waals surface area (Å²) in [4.78, 5) is 0.154. The lowest BCUT2D eigenvalue weighted by molar-refractivity contribution is 0.580. The van der Waals surface area contributed by atoms with Gasteiger partial charge in [-0.05, 0) is 17.5 Å². The zero-order valence-electron chi connectivity index (χ0n) is 12.0. The van der Waals surface area contributed by atoms with E-state index >= 15 is 0 Å². The molecule has 1 heterocycles. The van der Waals surface area contributed by atoms with Crippen molar-refractivity contribution in [2.45, 2.75) is 31.3 Å². The Bertz CT molecular complexity index is 677. The lowest BCUT2D eigenvalue weighted by Gasteiger charge is -2.05. The fourth-order valence-corrected chi connectivity index (χ4v) is 2.86. The Morgan fingerprint density at radius 3 is 2.52 bits per heavy atom. The van der Waals surface area contributed by atoms with E-state index < -0.39 is 10.0 Å². The molecule has 0 saturated carbocycles. The SMILES string of the molecule is CCc1ccc(CNS(=O)(=O)c2cnn(CCN)c2)cc1. The number of nitrogens with zero attached hydrogens (tertiary/aromatic N) is 2. The van der Waals surface area contributed by atoms with Crippen LogP contribution in [0.5, 0.6) is 0 Å². The molecule has 21 heavy (non-hydrogen) atoms. The Labute approximate surface area is 125 Å². The first-order valence-corrected chi connectivity index (χ1v) is 8.33. The molecule has 6 nitrogen and oxygen atoms in total. The van der Waals surface area contributed by atoms with Gasteiger partial charge in [-0.15, -0.1) is 0 Å². The maximum atomic E-state index is 12.2. The van der Waals surface area contributed by atoms with Gasteiger partial charge >= 0.3 is 0 Å². The van der Waals surface area contributed by atoms with Crippen LogP contribution in [0.1, 0.15) is 18.1 Å². The minimum absolute atomic E-state index is 0.154. The Kier molecular flexibility index (Phi) is 5.11. The Morgan fingerprint density at radius 2 is 1.90 bits per heavy atom. The molecule has 0 aliphatic heterocycles. The smallest absolute Gasteiger partial charge is 0.243 e. The molecule has 0 spiro atoms. The third-order valence-corrected chi connectivity index (χ3v) is 4.53. The topological polar surface area (TPSA) is 90.0 Å². The average Bonchev–Trinajstić information content (AvgIpc) is 2.96. The van der Waals surface area contributed by atoms with Gasteiger partial charge in [0, 0.05) is 19.3 Å². The summed E-state index contributed by atoms with van der Waals surface area (Å²) in [7, 11) is -3.55. The van der Waals surface area contributed by atoms with Crippen LogP contribution in [0, 0.1) is 0 Å². The second kappa shape index (κ2) is 6.84. The van der Waals surface area contributed by atoms with Crippen LogP contribution in [0.4, 0.5) is 0 Å². The number of aromatic nitrogens is 2. The van der Waals surface area contributed by atoms with E-state index in [1.54, 1.807) is 0 Å². The van der Waals surface area contributed by atoms with E-state index in [2.05, 4.69) is 16.7 Å². The maximum absolute atomic E-state index is 12.2. The van der Waals surface area contributed by atoms with Crippen LogP contribution in [0.15, 0.2) is 41.6 Å². The van der Waals surface area contributed by atoms with Crippen molar-refractivity contribution >= 4 is 10.0 Å². The summed E-state index contributed by atoms with van der Waals surface area (Å²) >= 11 is 0. The van der Waals surface area contributed by atoms with Gasteiger partial charge in [0.1, 0.15) is 4.90 Å². The standard InChI is InChI=1S/C14H20N4O2S/c1-2-12-3-5-13(6-4-12)9-17-21(19,20)14-10-16-18(11-14)8-7-15/h3-6,10-11,17H,2,7-9,15H2,1H3. The predicted molar refractivity (Wildman–Crippen MR) is 81.1 cm³/mol. The molecule has 3 N–H and O–H groups in total. The average molecular weight is 308 g/mol. The van der Waals surface area contributed by atoms with Gasteiger partial charge < -0.3 is 5.73 Å². The molecule has 0 aliphatic rings. The molecule has 0 fully saturated rings. The van der Waals surface area contributed by atoms with E-state index in [0.29, 0.717) is 13.1 Å². The van der Waals surface area contributed by atoms with Crippen molar-refractivity contribution in [3.63, 3.8) is 0 Å². The molecule has 0 radical (unpaired) electrons. The molecule has 0 unspecified atom stereocenters. The van der Waals surface area contributed by atoms with Crippen molar-refractivity contribution in [2.75, 3.05) is 6.54 Å². The van der Waals surface area contributed by atoms with E-state index in [1.807, 2.05) is 24.3 Å². The molecule has 2 aromatic rings. The van der Waals surface area contributed by atoms with Gasteiger partial charge in [-0.3, -0.25) is 4.68 Å². The summed E-state index contributed by atoms with van der Waals surface area (Å²) in [6, 6.07) is 7.87. The monoisotopic (exact) mass is 308 g/mol. The number of benzene rings is 1. The van der Waals surface area contributed by atoms with Crippen LogP contribution in [-0.4, -0.2) is 24.7 Å². The fourth-order valence-electron chi connectivity index (χ4n) is 1.89. The van der Waals surface area contributed by atoms with E-state index in [9.17, 15) is 8.42 Å². The molecule has 0 bridgehead atoms. The van der Waals surface area contributed by atoms with Gasteiger partial charge in [0.05, 0.1) is 12.7 Å². The summed E-state index contributed by atoms with van der Waals surface area (Å²) in [5, 5.41) is 3.97. The lowest BCUT2D eigenvalue weighted by atomic mass is 10.1. The Hall–Kier alpha value is -1.70. The first-order valence-electron chi connectivity index (χ1n) is 6.85. The van der Waals surface area contributed by atoms with Crippen LogP contribution < -0.4 is 10.5 Å². The Morgan fingerprint density at radius 1 is 1.24 bits per heavy atom. The molecular weight excluding hydrogens is 288 g/mol. The van der Waals surface area contributed by atoms with Crippen molar-refractivity contribution in [3.8, 4) is 0 Å². The predicted octanol–water partition coefficient (Wildman–Crippen LogP) is 0.883. The minimum atomic E-state index is -3.55. The fraction of sp³-hybridized carbons (Fsp3) is 0.357. The summed E-state index contributed by atoms with van der Waals surface area (Å²) in [5.74, 6) is 0. The number of rotatable bonds is 7.